The van der Waals surface area contributed by atoms with Gasteiger partial charge in [0, 0.05) is 23.2 Å². The third-order valence-corrected chi connectivity index (χ3v) is 6.85. The number of amides is 3. The number of hydrogen-bond donors (Lipinski definition) is 1. The molecular weight excluding hydrogens is 462 g/mol. The molecule has 0 saturated carbocycles. The van der Waals surface area contributed by atoms with E-state index in [1.165, 1.54) is 0 Å². The SMILES string of the molecule is Cc1cccc(C)c1NC(=O)N(CC(=O)N(Cc1ccc2c(c1)OCO2)Cc1cccs1)C(C)C. The third-order valence-electron chi connectivity index (χ3n) is 5.99. The number of anilines is 1. The van der Waals surface area contributed by atoms with Crippen LogP contribution in [0, 0.1) is 13.8 Å². The predicted octanol–water partition coefficient (Wildman–Crippen LogP) is 5.56. The summed E-state index contributed by atoms with van der Waals surface area (Å²) in [5.41, 5.74) is 3.69. The molecule has 1 aliphatic heterocycles. The highest BCUT2D eigenvalue weighted by Crippen LogP contribution is 2.33. The van der Waals surface area contributed by atoms with Crippen LogP contribution in [0.25, 0.3) is 0 Å². The lowest BCUT2D eigenvalue weighted by molar-refractivity contribution is -0.133. The van der Waals surface area contributed by atoms with E-state index in [4.69, 9.17) is 9.47 Å². The van der Waals surface area contributed by atoms with Crippen molar-refractivity contribution < 1.29 is 19.1 Å². The van der Waals surface area contributed by atoms with Gasteiger partial charge in [0.05, 0.1) is 6.54 Å². The van der Waals surface area contributed by atoms with Crippen molar-refractivity contribution in [2.75, 3.05) is 18.7 Å². The van der Waals surface area contributed by atoms with Crippen molar-refractivity contribution in [3.05, 3.63) is 75.5 Å². The second-order valence-corrected chi connectivity index (χ2v) is 9.97. The summed E-state index contributed by atoms with van der Waals surface area (Å²) in [6.45, 7) is 8.80. The molecule has 0 unspecified atom stereocenters. The molecule has 3 amide bonds. The molecule has 7 nitrogen and oxygen atoms in total. The van der Waals surface area contributed by atoms with Gasteiger partial charge < -0.3 is 24.6 Å². The molecule has 35 heavy (non-hydrogen) atoms. The highest BCUT2D eigenvalue weighted by molar-refractivity contribution is 7.09. The number of benzene rings is 2. The first-order valence-corrected chi connectivity index (χ1v) is 12.5. The molecule has 0 spiro atoms. The van der Waals surface area contributed by atoms with Crippen LogP contribution >= 0.6 is 11.3 Å². The second-order valence-electron chi connectivity index (χ2n) is 8.94. The molecule has 0 bridgehead atoms. The molecule has 0 aliphatic carbocycles. The van der Waals surface area contributed by atoms with Gasteiger partial charge in [-0.05, 0) is 68.0 Å². The minimum Gasteiger partial charge on any atom is -0.454 e. The molecule has 4 rings (SSSR count). The summed E-state index contributed by atoms with van der Waals surface area (Å²) in [6.07, 6.45) is 0. The van der Waals surface area contributed by atoms with Crippen LogP contribution in [-0.2, 0) is 17.9 Å². The Labute approximate surface area is 210 Å². The Bertz CT molecular complexity index is 1170. The number of aryl methyl sites for hydroxylation is 2. The highest BCUT2D eigenvalue weighted by atomic mass is 32.1. The van der Waals surface area contributed by atoms with E-state index in [-0.39, 0.29) is 31.3 Å². The first kappa shape index (κ1) is 24.6. The number of carbonyl (C=O) groups is 2. The van der Waals surface area contributed by atoms with E-state index in [0.717, 1.165) is 27.3 Å². The summed E-state index contributed by atoms with van der Waals surface area (Å²) in [4.78, 5) is 31.2. The molecule has 1 aromatic heterocycles. The maximum atomic E-state index is 13.6. The Kier molecular flexibility index (Phi) is 7.60. The van der Waals surface area contributed by atoms with E-state index in [2.05, 4.69) is 5.32 Å². The maximum Gasteiger partial charge on any atom is 0.322 e. The molecule has 0 saturated heterocycles. The van der Waals surface area contributed by atoms with Gasteiger partial charge in [0.1, 0.15) is 6.54 Å². The first-order valence-electron chi connectivity index (χ1n) is 11.6. The van der Waals surface area contributed by atoms with Gasteiger partial charge in [-0.3, -0.25) is 4.79 Å². The van der Waals surface area contributed by atoms with Crippen LogP contribution < -0.4 is 14.8 Å². The average Bonchev–Trinajstić information content (AvgIpc) is 3.50. The van der Waals surface area contributed by atoms with E-state index in [1.807, 2.05) is 81.6 Å². The van der Waals surface area contributed by atoms with Gasteiger partial charge in [0.25, 0.3) is 0 Å². The zero-order valence-electron chi connectivity index (χ0n) is 20.5. The van der Waals surface area contributed by atoms with Gasteiger partial charge in [-0.2, -0.15) is 0 Å². The molecule has 3 aromatic rings. The zero-order chi connectivity index (χ0) is 24.9. The van der Waals surface area contributed by atoms with E-state index in [0.29, 0.717) is 24.6 Å². The fourth-order valence-electron chi connectivity index (χ4n) is 4.01. The number of thiophene rings is 1. The molecule has 0 radical (unpaired) electrons. The molecule has 1 aliphatic rings. The number of rotatable bonds is 8. The Balaban J connectivity index is 1.52. The fraction of sp³-hybridized carbons (Fsp3) is 0.333. The molecule has 0 atom stereocenters. The quantitative estimate of drug-likeness (QED) is 0.446. The van der Waals surface area contributed by atoms with Crippen molar-refractivity contribution in [1.82, 2.24) is 9.80 Å². The smallest absolute Gasteiger partial charge is 0.322 e. The number of para-hydroxylation sites is 1. The summed E-state index contributed by atoms with van der Waals surface area (Å²) in [5.74, 6) is 1.27. The van der Waals surface area contributed by atoms with E-state index < -0.39 is 0 Å². The Morgan fingerprint density at radius 2 is 1.74 bits per heavy atom. The van der Waals surface area contributed by atoms with Crippen molar-refractivity contribution in [3.63, 3.8) is 0 Å². The molecule has 2 heterocycles. The third kappa shape index (κ3) is 5.95. The number of hydrogen-bond acceptors (Lipinski definition) is 5. The summed E-state index contributed by atoms with van der Waals surface area (Å²) in [6, 6.07) is 15.1. The van der Waals surface area contributed by atoms with Crippen LogP contribution in [0.3, 0.4) is 0 Å². The largest absolute Gasteiger partial charge is 0.454 e. The Morgan fingerprint density at radius 3 is 2.43 bits per heavy atom. The number of carbonyl (C=O) groups excluding carboxylic acids is 2. The Morgan fingerprint density at radius 1 is 1.00 bits per heavy atom. The van der Waals surface area contributed by atoms with Crippen molar-refractivity contribution in [2.45, 2.75) is 46.8 Å². The van der Waals surface area contributed by atoms with Gasteiger partial charge >= 0.3 is 6.03 Å². The van der Waals surface area contributed by atoms with Crippen molar-refractivity contribution in [1.29, 1.82) is 0 Å². The standard InChI is InChI=1S/C27H31N3O4S/c1-18(2)30(27(32)28-26-19(3)7-5-8-20(26)4)16-25(31)29(15-22-9-6-12-35-22)14-21-10-11-23-24(13-21)34-17-33-23/h5-13,18H,14-17H2,1-4H3,(H,28,32). The maximum absolute atomic E-state index is 13.6. The van der Waals surface area contributed by atoms with E-state index in [1.54, 1.807) is 21.1 Å². The number of ether oxygens (including phenoxy) is 2. The lowest BCUT2D eigenvalue weighted by Gasteiger charge is -2.30. The number of urea groups is 1. The van der Waals surface area contributed by atoms with Crippen LogP contribution in [0.15, 0.2) is 53.9 Å². The van der Waals surface area contributed by atoms with Gasteiger partial charge in [0.2, 0.25) is 12.7 Å². The highest BCUT2D eigenvalue weighted by Gasteiger charge is 2.25. The number of nitrogens with one attached hydrogen (secondary N) is 1. The predicted molar refractivity (Wildman–Crippen MR) is 138 cm³/mol. The van der Waals surface area contributed by atoms with Gasteiger partial charge in [-0.15, -0.1) is 11.3 Å². The van der Waals surface area contributed by atoms with E-state index in [9.17, 15) is 9.59 Å². The molecule has 2 aromatic carbocycles. The number of fused-ring (bicyclic) bond motifs is 1. The van der Waals surface area contributed by atoms with Crippen molar-refractivity contribution in [2.24, 2.45) is 0 Å². The van der Waals surface area contributed by atoms with Crippen LogP contribution in [-0.4, -0.2) is 41.1 Å². The van der Waals surface area contributed by atoms with Crippen molar-refractivity contribution in [3.8, 4) is 11.5 Å². The normalized spacial score (nSPS) is 12.0. The Hall–Kier alpha value is -3.52. The zero-order valence-corrected chi connectivity index (χ0v) is 21.4. The minimum absolute atomic E-state index is 0.0235. The number of nitrogens with zero attached hydrogens (tertiary/aromatic N) is 2. The van der Waals surface area contributed by atoms with Crippen LogP contribution in [0.1, 0.15) is 35.4 Å². The minimum atomic E-state index is -0.287. The molecule has 184 valence electrons. The van der Waals surface area contributed by atoms with Crippen LogP contribution in [0.5, 0.6) is 11.5 Å². The lowest BCUT2D eigenvalue weighted by atomic mass is 10.1. The second kappa shape index (κ2) is 10.8. The summed E-state index contributed by atoms with van der Waals surface area (Å²) in [7, 11) is 0. The molecule has 0 fully saturated rings. The monoisotopic (exact) mass is 493 g/mol. The lowest BCUT2D eigenvalue weighted by Crippen LogP contribution is -2.47. The molecule has 1 N–H and O–H groups in total. The van der Waals surface area contributed by atoms with Crippen LogP contribution in [0.2, 0.25) is 0 Å². The summed E-state index contributed by atoms with van der Waals surface area (Å²) in [5, 5.41) is 5.01. The molecule has 8 heteroatoms. The van der Waals surface area contributed by atoms with Crippen molar-refractivity contribution >= 4 is 29.0 Å². The first-order chi connectivity index (χ1) is 16.8. The average molecular weight is 494 g/mol. The van der Waals surface area contributed by atoms with Gasteiger partial charge in [0.15, 0.2) is 11.5 Å². The summed E-state index contributed by atoms with van der Waals surface area (Å²) < 4.78 is 10.9. The fourth-order valence-corrected chi connectivity index (χ4v) is 4.73. The van der Waals surface area contributed by atoms with Crippen LogP contribution in [0.4, 0.5) is 10.5 Å². The summed E-state index contributed by atoms with van der Waals surface area (Å²) >= 11 is 1.60. The van der Waals surface area contributed by atoms with Gasteiger partial charge in [-0.25, -0.2) is 4.79 Å². The van der Waals surface area contributed by atoms with Gasteiger partial charge in [-0.1, -0.05) is 30.3 Å². The van der Waals surface area contributed by atoms with E-state index >= 15 is 0 Å². The topological polar surface area (TPSA) is 71.1 Å². The molecular formula is C27H31N3O4S.